The lowest BCUT2D eigenvalue weighted by molar-refractivity contribution is -0.384. The van der Waals surface area contributed by atoms with Gasteiger partial charge in [0.2, 0.25) is 0 Å². The first kappa shape index (κ1) is 15.1. The minimum atomic E-state index is -0.423. The van der Waals surface area contributed by atoms with Crippen LogP contribution >= 0.6 is 11.6 Å². The smallest absolute Gasteiger partial charge is 0.270 e. The lowest BCUT2D eigenvalue weighted by Gasteiger charge is -2.04. The zero-order valence-electron chi connectivity index (χ0n) is 12.0. The van der Waals surface area contributed by atoms with Crippen molar-refractivity contribution in [3.8, 4) is 11.3 Å². The SMILES string of the molecule is O=[N+]([O-])c1cccc(-c2ccc(CNc3cccc(Cl)c3)o2)c1. The van der Waals surface area contributed by atoms with Crippen molar-refractivity contribution in [2.75, 3.05) is 5.32 Å². The topological polar surface area (TPSA) is 68.3 Å². The van der Waals surface area contributed by atoms with Gasteiger partial charge in [0, 0.05) is 28.4 Å². The molecule has 0 amide bonds. The van der Waals surface area contributed by atoms with Crippen LogP contribution in [0.3, 0.4) is 0 Å². The number of hydrogen-bond donors (Lipinski definition) is 1. The van der Waals surface area contributed by atoms with E-state index in [0.717, 1.165) is 11.4 Å². The number of hydrogen-bond acceptors (Lipinski definition) is 4. The molecule has 0 radical (unpaired) electrons. The maximum Gasteiger partial charge on any atom is 0.270 e. The molecule has 116 valence electrons. The summed E-state index contributed by atoms with van der Waals surface area (Å²) < 4.78 is 5.74. The monoisotopic (exact) mass is 328 g/mol. The molecule has 3 rings (SSSR count). The molecule has 0 aliphatic heterocycles. The van der Waals surface area contributed by atoms with Crippen molar-refractivity contribution >= 4 is 23.0 Å². The van der Waals surface area contributed by atoms with Gasteiger partial charge >= 0.3 is 0 Å². The second kappa shape index (κ2) is 6.54. The predicted molar refractivity (Wildman–Crippen MR) is 89.6 cm³/mol. The van der Waals surface area contributed by atoms with Gasteiger partial charge < -0.3 is 9.73 Å². The van der Waals surface area contributed by atoms with Crippen LogP contribution in [0, 0.1) is 10.1 Å². The first-order valence-corrected chi connectivity index (χ1v) is 7.32. The Labute approximate surface area is 137 Å². The Balaban J connectivity index is 1.73. The van der Waals surface area contributed by atoms with E-state index in [1.54, 1.807) is 24.3 Å². The molecule has 1 aromatic heterocycles. The van der Waals surface area contributed by atoms with Gasteiger partial charge in [-0.2, -0.15) is 0 Å². The van der Waals surface area contributed by atoms with E-state index in [-0.39, 0.29) is 5.69 Å². The quantitative estimate of drug-likeness (QED) is 0.521. The first-order valence-electron chi connectivity index (χ1n) is 6.95. The van der Waals surface area contributed by atoms with Crippen LogP contribution in [0.2, 0.25) is 5.02 Å². The molecular weight excluding hydrogens is 316 g/mol. The van der Waals surface area contributed by atoms with E-state index < -0.39 is 4.92 Å². The minimum Gasteiger partial charge on any atom is -0.459 e. The first-order chi connectivity index (χ1) is 11.1. The number of nitrogens with zero attached hydrogens (tertiary/aromatic N) is 1. The molecule has 0 atom stereocenters. The number of anilines is 1. The van der Waals surface area contributed by atoms with Gasteiger partial charge in [-0.1, -0.05) is 29.8 Å². The van der Waals surface area contributed by atoms with Gasteiger partial charge in [-0.3, -0.25) is 10.1 Å². The molecule has 0 bridgehead atoms. The molecule has 1 heterocycles. The maximum absolute atomic E-state index is 10.8. The summed E-state index contributed by atoms with van der Waals surface area (Å²) in [5, 5.41) is 14.7. The Bertz CT molecular complexity index is 845. The van der Waals surface area contributed by atoms with Crippen LogP contribution in [0.25, 0.3) is 11.3 Å². The summed E-state index contributed by atoms with van der Waals surface area (Å²) in [4.78, 5) is 10.4. The molecule has 5 nitrogen and oxygen atoms in total. The standard InChI is InChI=1S/C17H13ClN2O3/c18-13-4-2-5-14(10-13)19-11-16-7-8-17(23-16)12-3-1-6-15(9-12)20(21)22/h1-10,19H,11H2. The molecule has 0 aliphatic rings. The highest BCUT2D eigenvalue weighted by molar-refractivity contribution is 6.30. The zero-order chi connectivity index (χ0) is 16.2. The summed E-state index contributed by atoms with van der Waals surface area (Å²) in [6.45, 7) is 0.495. The van der Waals surface area contributed by atoms with E-state index in [9.17, 15) is 10.1 Å². The predicted octanol–water partition coefficient (Wildman–Crippen LogP) is 5.12. The summed E-state index contributed by atoms with van der Waals surface area (Å²) >= 11 is 5.93. The van der Waals surface area contributed by atoms with Crippen molar-refractivity contribution in [1.29, 1.82) is 0 Å². The van der Waals surface area contributed by atoms with Crippen LogP contribution in [-0.4, -0.2) is 4.92 Å². The normalized spacial score (nSPS) is 10.5. The molecule has 2 aromatic carbocycles. The van der Waals surface area contributed by atoms with Crippen molar-refractivity contribution < 1.29 is 9.34 Å². The lowest BCUT2D eigenvalue weighted by Crippen LogP contribution is -1.97. The fraction of sp³-hybridized carbons (Fsp3) is 0.0588. The largest absolute Gasteiger partial charge is 0.459 e. The number of halogens is 1. The van der Waals surface area contributed by atoms with Gasteiger partial charge in [-0.15, -0.1) is 0 Å². The zero-order valence-corrected chi connectivity index (χ0v) is 12.8. The van der Waals surface area contributed by atoms with Gasteiger partial charge in [0.25, 0.3) is 5.69 Å². The third-order valence-corrected chi connectivity index (χ3v) is 3.53. The summed E-state index contributed by atoms with van der Waals surface area (Å²) in [6, 6.07) is 17.4. The number of benzene rings is 2. The van der Waals surface area contributed by atoms with Gasteiger partial charge in [-0.05, 0) is 30.3 Å². The van der Waals surface area contributed by atoms with E-state index in [1.807, 2.05) is 24.3 Å². The number of nitro benzene ring substituents is 1. The molecule has 6 heteroatoms. The fourth-order valence-corrected chi connectivity index (χ4v) is 2.38. The summed E-state index contributed by atoms with van der Waals surface area (Å²) in [6.07, 6.45) is 0. The van der Waals surface area contributed by atoms with Crippen molar-refractivity contribution in [3.05, 3.63) is 81.6 Å². The fourth-order valence-electron chi connectivity index (χ4n) is 2.19. The molecule has 3 aromatic rings. The highest BCUT2D eigenvalue weighted by atomic mass is 35.5. The Morgan fingerprint density at radius 1 is 1.09 bits per heavy atom. The number of nitrogens with one attached hydrogen (secondary N) is 1. The molecule has 0 saturated heterocycles. The second-order valence-electron chi connectivity index (χ2n) is 4.94. The molecule has 23 heavy (non-hydrogen) atoms. The van der Waals surface area contributed by atoms with Crippen LogP contribution in [0.4, 0.5) is 11.4 Å². The number of rotatable bonds is 5. The molecule has 0 fully saturated rings. The molecular formula is C17H13ClN2O3. The van der Waals surface area contributed by atoms with Gasteiger partial charge in [0.05, 0.1) is 11.5 Å². The van der Waals surface area contributed by atoms with E-state index >= 15 is 0 Å². The lowest BCUT2D eigenvalue weighted by atomic mass is 10.1. The average Bonchev–Trinajstić information content (AvgIpc) is 3.02. The summed E-state index contributed by atoms with van der Waals surface area (Å²) in [5.41, 5.74) is 1.61. The minimum absolute atomic E-state index is 0.0394. The summed E-state index contributed by atoms with van der Waals surface area (Å²) in [5.74, 6) is 1.32. The molecule has 0 aliphatic carbocycles. The van der Waals surface area contributed by atoms with Crippen LogP contribution < -0.4 is 5.32 Å². The molecule has 0 spiro atoms. The molecule has 1 N–H and O–H groups in total. The Morgan fingerprint density at radius 3 is 2.70 bits per heavy atom. The van der Waals surface area contributed by atoms with Crippen LogP contribution in [0.1, 0.15) is 5.76 Å². The second-order valence-corrected chi connectivity index (χ2v) is 5.37. The van der Waals surface area contributed by atoms with Crippen molar-refractivity contribution in [2.45, 2.75) is 6.54 Å². The Hall–Kier alpha value is -2.79. The highest BCUT2D eigenvalue weighted by Crippen LogP contribution is 2.26. The van der Waals surface area contributed by atoms with Crippen molar-refractivity contribution in [2.24, 2.45) is 0 Å². The maximum atomic E-state index is 10.8. The average molecular weight is 329 g/mol. The van der Waals surface area contributed by atoms with E-state index in [4.69, 9.17) is 16.0 Å². The molecule has 0 saturated carbocycles. The number of non-ortho nitro benzene ring substituents is 1. The third-order valence-electron chi connectivity index (χ3n) is 3.29. The van der Waals surface area contributed by atoms with E-state index in [2.05, 4.69) is 5.32 Å². The number of nitro groups is 1. The highest BCUT2D eigenvalue weighted by Gasteiger charge is 2.10. The number of furan rings is 1. The van der Waals surface area contributed by atoms with Crippen LogP contribution in [-0.2, 0) is 6.54 Å². The molecule has 0 unspecified atom stereocenters. The van der Waals surface area contributed by atoms with E-state index in [0.29, 0.717) is 22.9 Å². The Kier molecular flexibility index (Phi) is 4.30. The summed E-state index contributed by atoms with van der Waals surface area (Å²) in [7, 11) is 0. The third kappa shape index (κ3) is 3.70. The Morgan fingerprint density at radius 2 is 1.91 bits per heavy atom. The van der Waals surface area contributed by atoms with Gasteiger partial charge in [0.15, 0.2) is 0 Å². The van der Waals surface area contributed by atoms with Crippen molar-refractivity contribution in [1.82, 2.24) is 0 Å². The van der Waals surface area contributed by atoms with Crippen LogP contribution in [0.15, 0.2) is 65.1 Å². The van der Waals surface area contributed by atoms with Crippen LogP contribution in [0.5, 0.6) is 0 Å². The van der Waals surface area contributed by atoms with E-state index in [1.165, 1.54) is 12.1 Å². The van der Waals surface area contributed by atoms with Crippen molar-refractivity contribution in [3.63, 3.8) is 0 Å². The van der Waals surface area contributed by atoms with Gasteiger partial charge in [-0.25, -0.2) is 0 Å². The van der Waals surface area contributed by atoms with Gasteiger partial charge in [0.1, 0.15) is 11.5 Å².